The van der Waals surface area contributed by atoms with E-state index in [0.29, 0.717) is 12.3 Å². The van der Waals surface area contributed by atoms with E-state index in [1.807, 2.05) is 6.92 Å². The Bertz CT molecular complexity index is 410. The van der Waals surface area contributed by atoms with Crippen LogP contribution in [0.25, 0.3) is 0 Å². The van der Waals surface area contributed by atoms with Crippen LogP contribution in [0.1, 0.15) is 65.2 Å². The molecule has 5 atom stereocenters. The van der Waals surface area contributed by atoms with Gasteiger partial charge in [-0.3, -0.25) is 0 Å². The van der Waals surface area contributed by atoms with Crippen LogP contribution in [-0.4, -0.2) is 34.8 Å². The molecule has 1 unspecified atom stereocenters. The highest BCUT2D eigenvalue weighted by Crippen LogP contribution is 2.58. The van der Waals surface area contributed by atoms with E-state index in [9.17, 15) is 27.8 Å². The third-order valence-electron chi connectivity index (χ3n) is 6.84. The monoisotopic (exact) mass is 354 g/mol. The first-order valence-electron chi connectivity index (χ1n) is 9.09. The summed E-state index contributed by atoms with van der Waals surface area (Å²) in [6.07, 6.45) is -2.14. The van der Waals surface area contributed by atoms with Crippen molar-refractivity contribution in [2.75, 3.05) is 0 Å². The molecule has 142 valence electrons. The van der Waals surface area contributed by atoms with Crippen molar-refractivity contribution in [1.82, 2.24) is 0 Å². The lowest BCUT2D eigenvalue weighted by atomic mass is 9.61. The van der Waals surface area contributed by atoms with E-state index in [2.05, 4.69) is 6.92 Å². The predicted octanol–water partition coefficient (Wildman–Crippen LogP) is 4.63. The molecule has 2 aliphatic carbocycles. The number of hydrogen-bond donors (Lipinski definition) is 2. The number of alkyl halides is 4. The van der Waals surface area contributed by atoms with Gasteiger partial charge >= 0.3 is 0 Å². The van der Waals surface area contributed by atoms with Gasteiger partial charge in [0, 0.05) is 0 Å². The molecular formula is C18H30F4O2. The zero-order valence-corrected chi connectivity index (χ0v) is 14.5. The molecule has 0 aromatic rings. The SMILES string of the molecule is CC(CCCC(O)(C(F)F)C(F)F)[C@H]1CC[C@H]2[C@@H](O)CCC[C@]12C. The second kappa shape index (κ2) is 7.48. The molecule has 2 N–H and O–H groups in total. The van der Waals surface area contributed by atoms with E-state index in [0.717, 1.165) is 32.1 Å². The summed E-state index contributed by atoms with van der Waals surface area (Å²) in [5.41, 5.74) is -3.14. The molecule has 0 heterocycles. The summed E-state index contributed by atoms with van der Waals surface area (Å²) < 4.78 is 50.9. The van der Waals surface area contributed by atoms with Gasteiger partial charge in [0.15, 0.2) is 5.60 Å². The molecule has 0 aliphatic heterocycles. The van der Waals surface area contributed by atoms with Crippen LogP contribution in [0, 0.1) is 23.2 Å². The summed E-state index contributed by atoms with van der Waals surface area (Å²) in [5, 5.41) is 19.7. The summed E-state index contributed by atoms with van der Waals surface area (Å²) in [7, 11) is 0. The molecule has 0 spiro atoms. The van der Waals surface area contributed by atoms with E-state index in [1.165, 1.54) is 0 Å². The largest absolute Gasteiger partial charge is 0.393 e. The first kappa shape index (κ1) is 20.0. The summed E-state index contributed by atoms with van der Waals surface area (Å²) in [4.78, 5) is 0. The second-order valence-electron chi connectivity index (χ2n) is 8.22. The zero-order valence-electron chi connectivity index (χ0n) is 14.5. The lowest BCUT2D eigenvalue weighted by Crippen LogP contribution is -2.45. The van der Waals surface area contributed by atoms with Crippen LogP contribution in [0.15, 0.2) is 0 Å². The molecular weight excluding hydrogens is 324 g/mol. The minimum absolute atomic E-state index is 0.0544. The van der Waals surface area contributed by atoms with Gasteiger partial charge < -0.3 is 10.2 Å². The fourth-order valence-corrected chi connectivity index (χ4v) is 5.35. The maximum Gasteiger partial charge on any atom is 0.272 e. The summed E-state index contributed by atoms with van der Waals surface area (Å²) in [6.45, 7) is 4.26. The van der Waals surface area contributed by atoms with Gasteiger partial charge in [0.2, 0.25) is 0 Å². The Morgan fingerprint density at radius 3 is 2.33 bits per heavy atom. The Kier molecular flexibility index (Phi) is 6.22. The zero-order chi connectivity index (χ0) is 18.1. The van der Waals surface area contributed by atoms with E-state index in [-0.39, 0.29) is 29.8 Å². The highest BCUT2D eigenvalue weighted by molar-refractivity contribution is 5.01. The summed E-state index contributed by atoms with van der Waals surface area (Å²) in [6, 6.07) is 0. The smallest absolute Gasteiger partial charge is 0.272 e. The van der Waals surface area contributed by atoms with Gasteiger partial charge in [-0.15, -0.1) is 0 Å². The fraction of sp³-hybridized carbons (Fsp3) is 1.00. The Morgan fingerprint density at radius 2 is 1.75 bits per heavy atom. The highest BCUT2D eigenvalue weighted by Gasteiger charge is 2.52. The molecule has 2 aliphatic rings. The molecule has 0 amide bonds. The molecule has 0 aromatic carbocycles. The molecule has 0 saturated heterocycles. The molecule has 6 heteroatoms. The van der Waals surface area contributed by atoms with E-state index in [4.69, 9.17) is 0 Å². The molecule has 2 fully saturated rings. The molecule has 24 heavy (non-hydrogen) atoms. The maximum atomic E-state index is 12.7. The topological polar surface area (TPSA) is 40.5 Å². The fourth-order valence-electron chi connectivity index (χ4n) is 5.35. The van der Waals surface area contributed by atoms with Crippen molar-refractivity contribution in [2.24, 2.45) is 23.2 Å². The third kappa shape index (κ3) is 3.59. The van der Waals surface area contributed by atoms with Crippen molar-refractivity contribution in [3.05, 3.63) is 0 Å². The van der Waals surface area contributed by atoms with Crippen molar-refractivity contribution in [3.8, 4) is 0 Å². The van der Waals surface area contributed by atoms with Crippen LogP contribution in [0.3, 0.4) is 0 Å². The van der Waals surface area contributed by atoms with Crippen LogP contribution in [0.2, 0.25) is 0 Å². The van der Waals surface area contributed by atoms with Gasteiger partial charge in [-0.25, -0.2) is 17.6 Å². The van der Waals surface area contributed by atoms with E-state index >= 15 is 0 Å². The summed E-state index contributed by atoms with van der Waals surface area (Å²) in [5.74, 6) is 0.881. The Morgan fingerprint density at radius 1 is 1.12 bits per heavy atom. The molecule has 2 rings (SSSR count). The number of hydrogen-bond acceptors (Lipinski definition) is 2. The first-order valence-corrected chi connectivity index (χ1v) is 9.09. The quantitative estimate of drug-likeness (QED) is 0.654. The Hall–Kier alpha value is -0.360. The Labute approximate surface area is 141 Å². The standard InChI is InChI=1S/C18H30F4O2/c1-11(5-3-10-18(24,15(19)20)16(21)22)12-7-8-13-14(23)6-4-9-17(12,13)2/h11-16,23-24H,3-10H2,1-2H3/t11?,12-,13+,14+,17-/m1/s1. The van der Waals surface area contributed by atoms with Crippen LogP contribution in [0.5, 0.6) is 0 Å². The number of rotatable bonds is 7. The van der Waals surface area contributed by atoms with Gasteiger partial charge in [-0.2, -0.15) is 0 Å². The predicted molar refractivity (Wildman–Crippen MR) is 84.2 cm³/mol. The lowest BCUT2D eigenvalue weighted by molar-refractivity contribution is -0.180. The van der Waals surface area contributed by atoms with Gasteiger partial charge in [0.05, 0.1) is 6.10 Å². The van der Waals surface area contributed by atoms with Crippen LogP contribution >= 0.6 is 0 Å². The van der Waals surface area contributed by atoms with Gasteiger partial charge in [0.1, 0.15) is 0 Å². The van der Waals surface area contributed by atoms with Gasteiger partial charge in [-0.05, 0) is 61.7 Å². The van der Waals surface area contributed by atoms with E-state index < -0.39 is 24.9 Å². The van der Waals surface area contributed by atoms with Crippen molar-refractivity contribution >= 4 is 0 Å². The number of aliphatic hydroxyl groups is 2. The van der Waals surface area contributed by atoms with Crippen LogP contribution in [-0.2, 0) is 0 Å². The molecule has 2 nitrogen and oxygen atoms in total. The molecule has 0 bridgehead atoms. The minimum atomic E-state index is -3.44. The number of halogens is 4. The average Bonchev–Trinajstić information content (AvgIpc) is 2.85. The van der Waals surface area contributed by atoms with Crippen molar-refractivity contribution < 1.29 is 27.8 Å². The molecule has 0 aromatic heterocycles. The lowest BCUT2D eigenvalue weighted by Gasteiger charge is -2.45. The summed E-state index contributed by atoms with van der Waals surface area (Å²) >= 11 is 0. The van der Waals surface area contributed by atoms with Crippen LogP contribution < -0.4 is 0 Å². The number of aliphatic hydroxyl groups excluding tert-OH is 1. The number of fused-ring (bicyclic) bond motifs is 1. The van der Waals surface area contributed by atoms with Gasteiger partial charge in [0.25, 0.3) is 12.9 Å². The third-order valence-corrected chi connectivity index (χ3v) is 6.84. The normalized spacial score (nSPS) is 35.5. The highest BCUT2D eigenvalue weighted by atomic mass is 19.3. The average molecular weight is 354 g/mol. The first-order chi connectivity index (χ1) is 11.1. The second-order valence-corrected chi connectivity index (χ2v) is 8.22. The van der Waals surface area contributed by atoms with Crippen molar-refractivity contribution in [1.29, 1.82) is 0 Å². The molecule has 2 saturated carbocycles. The van der Waals surface area contributed by atoms with Crippen molar-refractivity contribution in [2.45, 2.75) is 89.8 Å². The minimum Gasteiger partial charge on any atom is -0.393 e. The van der Waals surface area contributed by atoms with Crippen LogP contribution in [0.4, 0.5) is 17.6 Å². The molecule has 0 radical (unpaired) electrons. The Balaban J connectivity index is 1.92. The van der Waals surface area contributed by atoms with E-state index in [1.54, 1.807) is 0 Å². The van der Waals surface area contributed by atoms with Gasteiger partial charge in [-0.1, -0.05) is 26.7 Å². The van der Waals surface area contributed by atoms with Crippen molar-refractivity contribution in [3.63, 3.8) is 0 Å². The maximum absolute atomic E-state index is 12.7.